The van der Waals surface area contributed by atoms with Crippen LogP contribution in [0.3, 0.4) is 0 Å². The number of nitrogens with one attached hydrogen (secondary N) is 1. The molecule has 0 saturated heterocycles. The van der Waals surface area contributed by atoms with E-state index in [2.05, 4.69) is 15.3 Å². The number of nitrogens with zero attached hydrogens (tertiary/aromatic N) is 2. The van der Waals surface area contributed by atoms with Crippen molar-refractivity contribution in [2.45, 2.75) is 31.7 Å². The third-order valence-corrected chi connectivity index (χ3v) is 4.25. The smallest absolute Gasteiger partial charge is 1.00 e. The van der Waals surface area contributed by atoms with E-state index in [1.54, 1.807) is 6.20 Å². The first-order valence-corrected chi connectivity index (χ1v) is 8.76. The molecular formula is C20H24N3NaO3. The minimum atomic E-state index is -0.797. The SMILES string of the molecule is CC1(CCC(=O)O)C=c2cc(OCCCNc3ccccn3)ccc2=N1.[H-].[Na+]. The van der Waals surface area contributed by atoms with Crippen molar-refractivity contribution >= 4 is 17.9 Å². The summed E-state index contributed by atoms with van der Waals surface area (Å²) in [4.78, 5) is 19.7. The molecule has 0 saturated carbocycles. The molecule has 1 unspecified atom stereocenters. The van der Waals surface area contributed by atoms with Crippen molar-refractivity contribution < 1.29 is 45.6 Å². The second kappa shape index (κ2) is 9.88. The Morgan fingerprint density at radius 1 is 1.33 bits per heavy atom. The predicted octanol–water partition coefficient (Wildman–Crippen LogP) is -0.884. The first kappa shape index (κ1) is 21.4. The van der Waals surface area contributed by atoms with Gasteiger partial charge in [0.05, 0.1) is 17.5 Å². The van der Waals surface area contributed by atoms with E-state index in [-0.39, 0.29) is 37.4 Å². The van der Waals surface area contributed by atoms with E-state index in [4.69, 9.17) is 9.84 Å². The Bertz CT molecular complexity index is 895. The minimum absolute atomic E-state index is 0. The minimum Gasteiger partial charge on any atom is -1.00 e. The van der Waals surface area contributed by atoms with Crippen molar-refractivity contribution in [1.82, 2.24) is 4.98 Å². The Hall–Kier alpha value is -1.89. The molecule has 6 nitrogen and oxygen atoms in total. The number of rotatable bonds is 9. The summed E-state index contributed by atoms with van der Waals surface area (Å²) >= 11 is 0. The molecule has 0 fully saturated rings. The molecule has 3 rings (SSSR count). The molecule has 138 valence electrons. The molecule has 2 heterocycles. The van der Waals surface area contributed by atoms with Gasteiger partial charge in [-0.25, -0.2) is 4.98 Å². The molecule has 27 heavy (non-hydrogen) atoms. The van der Waals surface area contributed by atoms with Gasteiger partial charge in [-0.3, -0.25) is 9.79 Å². The second-order valence-electron chi connectivity index (χ2n) is 6.57. The van der Waals surface area contributed by atoms with E-state index in [0.29, 0.717) is 13.0 Å². The van der Waals surface area contributed by atoms with Gasteiger partial charge in [0.2, 0.25) is 0 Å². The zero-order valence-electron chi connectivity index (χ0n) is 16.8. The van der Waals surface area contributed by atoms with Gasteiger partial charge in [-0.15, -0.1) is 0 Å². The van der Waals surface area contributed by atoms with Crippen LogP contribution in [-0.2, 0) is 4.79 Å². The molecule has 2 aromatic rings. The molecule has 0 spiro atoms. The van der Waals surface area contributed by atoms with Crippen molar-refractivity contribution in [3.05, 3.63) is 53.2 Å². The van der Waals surface area contributed by atoms with Crippen molar-refractivity contribution in [1.29, 1.82) is 0 Å². The molecule has 0 amide bonds. The average Bonchev–Trinajstić information content (AvgIpc) is 2.96. The molecule has 0 bridgehead atoms. The van der Waals surface area contributed by atoms with Crippen LogP contribution < -0.4 is 50.2 Å². The predicted molar refractivity (Wildman–Crippen MR) is 101 cm³/mol. The van der Waals surface area contributed by atoms with Crippen molar-refractivity contribution in [3.63, 3.8) is 0 Å². The number of carboxylic acids is 1. The van der Waals surface area contributed by atoms with Gasteiger partial charge < -0.3 is 16.6 Å². The molecule has 0 radical (unpaired) electrons. The standard InChI is InChI=1S/C20H23N3O3.Na.H/c1-20(9-8-19(24)25)14-15-13-16(6-7-17(15)23-20)26-12-4-11-22-18-5-2-3-10-21-18;;/h2-3,5-7,10,13-14H,4,8-9,11-12H2,1H3,(H,21,22)(H,24,25);;/q;+1;-1. The van der Waals surface area contributed by atoms with Gasteiger partial charge in [-0.2, -0.15) is 0 Å². The van der Waals surface area contributed by atoms with Crippen LogP contribution in [0.1, 0.15) is 27.6 Å². The largest absolute Gasteiger partial charge is 1.00 e. The quantitative estimate of drug-likeness (QED) is 0.438. The normalized spacial score (nSPS) is 17.1. The summed E-state index contributed by atoms with van der Waals surface area (Å²) in [5.41, 5.74) is -0.452. The zero-order chi connectivity index (χ0) is 18.4. The van der Waals surface area contributed by atoms with Crippen LogP contribution in [-0.4, -0.2) is 34.8 Å². The number of carbonyl (C=O) groups is 1. The molecule has 1 aromatic heterocycles. The maximum atomic E-state index is 10.8. The van der Waals surface area contributed by atoms with E-state index in [1.807, 2.05) is 49.4 Å². The van der Waals surface area contributed by atoms with Crippen LogP contribution in [0.25, 0.3) is 6.08 Å². The second-order valence-corrected chi connectivity index (χ2v) is 6.57. The monoisotopic (exact) mass is 377 g/mol. The molecule has 2 N–H and O–H groups in total. The number of aliphatic carboxylic acids is 1. The topological polar surface area (TPSA) is 83.8 Å². The number of hydrogen-bond acceptors (Lipinski definition) is 5. The number of aromatic nitrogens is 1. The van der Waals surface area contributed by atoms with Gasteiger partial charge >= 0.3 is 35.5 Å². The van der Waals surface area contributed by atoms with Crippen LogP contribution in [0.2, 0.25) is 0 Å². The van der Waals surface area contributed by atoms with Gasteiger partial charge in [-0.1, -0.05) is 6.07 Å². The molecular weight excluding hydrogens is 353 g/mol. The van der Waals surface area contributed by atoms with Crippen molar-refractivity contribution in [2.24, 2.45) is 4.99 Å². The first-order chi connectivity index (χ1) is 12.5. The van der Waals surface area contributed by atoms with Crippen molar-refractivity contribution in [2.75, 3.05) is 18.5 Å². The number of ether oxygens (including phenoxy) is 1. The number of anilines is 1. The summed E-state index contributed by atoms with van der Waals surface area (Å²) in [7, 11) is 0. The maximum Gasteiger partial charge on any atom is 1.00 e. The van der Waals surface area contributed by atoms with Gasteiger partial charge in [0.15, 0.2) is 0 Å². The number of hydrogen-bond donors (Lipinski definition) is 2. The van der Waals surface area contributed by atoms with Gasteiger partial charge in [0.1, 0.15) is 11.6 Å². The Balaban J connectivity index is 0.00000196. The summed E-state index contributed by atoms with van der Waals surface area (Å²) < 4.78 is 5.82. The average molecular weight is 377 g/mol. The number of fused-ring (bicyclic) bond motifs is 1. The summed E-state index contributed by atoms with van der Waals surface area (Å²) in [6, 6.07) is 11.6. The fourth-order valence-corrected chi connectivity index (χ4v) is 2.92. The summed E-state index contributed by atoms with van der Waals surface area (Å²) in [5, 5.41) is 14.0. The first-order valence-electron chi connectivity index (χ1n) is 8.76. The Morgan fingerprint density at radius 3 is 2.93 bits per heavy atom. The molecule has 1 aliphatic rings. The third-order valence-electron chi connectivity index (χ3n) is 4.25. The number of benzene rings is 1. The Labute approximate surface area is 182 Å². The van der Waals surface area contributed by atoms with Gasteiger partial charge in [0.25, 0.3) is 0 Å². The van der Waals surface area contributed by atoms with Crippen molar-refractivity contribution in [3.8, 4) is 5.75 Å². The molecule has 1 aliphatic heterocycles. The van der Waals surface area contributed by atoms with E-state index < -0.39 is 11.5 Å². The third kappa shape index (κ3) is 6.34. The fourth-order valence-electron chi connectivity index (χ4n) is 2.92. The van der Waals surface area contributed by atoms with Crippen LogP contribution >= 0.6 is 0 Å². The van der Waals surface area contributed by atoms with E-state index in [1.165, 1.54) is 0 Å². The zero-order valence-corrected chi connectivity index (χ0v) is 17.8. The number of pyridine rings is 1. The summed E-state index contributed by atoms with van der Waals surface area (Å²) in [6.45, 7) is 3.35. The van der Waals surface area contributed by atoms with Crippen LogP contribution in [0.4, 0.5) is 5.82 Å². The van der Waals surface area contributed by atoms with E-state index in [0.717, 1.165) is 35.1 Å². The van der Waals surface area contributed by atoms with Gasteiger partial charge in [-0.05, 0) is 56.2 Å². The Kier molecular flexibility index (Phi) is 7.83. The molecule has 0 aliphatic carbocycles. The maximum absolute atomic E-state index is 10.8. The van der Waals surface area contributed by atoms with Crippen LogP contribution in [0.5, 0.6) is 5.75 Å². The molecule has 7 heteroatoms. The van der Waals surface area contributed by atoms with E-state index in [9.17, 15) is 4.79 Å². The van der Waals surface area contributed by atoms with E-state index >= 15 is 0 Å². The summed E-state index contributed by atoms with van der Waals surface area (Å²) in [6.07, 6.45) is 5.25. The molecule has 1 aromatic carbocycles. The van der Waals surface area contributed by atoms with Crippen LogP contribution in [0.15, 0.2) is 47.6 Å². The Morgan fingerprint density at radius 2 is 2.19 bits per heavy atom. The molecule has 1 atom stereocenters. The summed E-state index contributed by atoms with van der Waals surface area (Å²) in [5.74, 6) is 0.867. The number of carboxylic acid groups (broad SMARTS) is 1. The van der Waals surface area contributed by atoms with Gasteiger partial charge in [0, 0.05) is 24.4 Å². The van der Waals surface area contributed by atoms with Crippen LogP contribution in [0, 0.1) is 0 Å². The fraction of sp³-hybridized carbons (Fsp3) is 0.350.